The van der Waals surface area contributed by atoms with Crippen molar-refractivity contribution in [2.75, 3.05) is 13.7 Å². The molecule has 1 saturated carbocycles. The van der Waals surface area contributed by atoms with Crippen LogP contribution < -0.4 is 10.1 Å². The van der Waals surface area contributed by atoms with Gasteiger partial charge in [-0.25, -0.2) is 4.68 Å². The quantitative estimate of drug-likeness (QED) is 0.904. The maximum absolute atomic E-state index is 12.2. The first-order valence-corrected chi connectivity index (χ1v) is 8.20. The fraction of sp³-hybridized carbons (Fsp3) is 0.471. The molecule has 1 N–H and O–H groups in total. The minimum Gasteiger partial charge on any atom is -0.497 e. The standard InChI is InChI=1S/C17H20N4O3/c1-23-13-6-4-12(5-7-13)15-9-21-14(10-24-15)16(19-20-21)17(22)18-8-11-2-3-11/h4-7,11,15H,2-3,8-10H2,1H3,(H,18,22)/t15-/m1/s1. The number of hydrogen-bond donors (Lipinski definition) is 1. The third-order valence-corrected chi connectivity index (χ3v) is 4.55. The summed E-state index contributed by atoms with van der Waals surface area (Å²) in [4.78, 5) is 12.2. The van der Waals surface area contributed by atoms with Gasteiger partial charge in [0.05, 0.1) is 26.0 Å². The highest BCUT2D eigenvalue weighted by atomic mass is 16.5. The molecule has 1 aliphatic carbocycles. The van der Waals surface area contributed by atoms with Crippen LogP contribution in [0.5, 0.6) is 5.75 Å². The normalized spacial score (nSPS) is 19.6. The lowest BCUT2D eigenvalue weighted by molar-refractivity contribution is -0.00179. The summed E-state index contributed by atoms with van der Waals surface area (Å²) in [7, 11) is 1.64. The van der Waals surface area contributed by atoms with Crippen LogP contribution in [0.3, 0.4) is 0 Å². The Morgan fingerprint density at radius 2 is 2.17 bits per heavy atom. The van der Waals surface area contributed by atoms with Gasteiger partial charge in [-0.15, -0.1) is 5.10 Å². The highest BCUT2D eigenvalue weighted by Gasteiger charge is 2.29. The van der Waals surface area contributed by atoms with Crippen molar-refractivity contribution in [3.8, 4) is 5.75 Å². The molecule has 1 aromatic carbocycles. The third kappa shape index (κ3) is 2.99. The van der Waals surface area contributed by atoms with E-state index in [4.69, 9.17) is 9.47 Å². The number of benzene rings is 1. The van der Waals surface area contributed by atoms with E-state index in [9.17, 15) is 4.79 Å². The molecule has 0 unspecified atom stereocenters. The van der Waals surface area contributed by atoms with E-state index in [0.717, 1.165) is 23.6 Å². The van der Waals surface area contributed by atoms with Gasteiger partial charge in [-0.3, -0.25) is 4.79 Å². The van der Waals surface area contributed by atoms with Crippen LogP contribution in [-0.4, -0.2) is 34.6 Å². The molecule has 2 aliphatic rings. The van der Waals surface area contributed by atoms with Gasteiger partial charge in [-0.05, 0) is 36.5 Å². The van der Waals surface area contributed by atoms with Crippen LogP contribution in [0.15, 0.2) is 24.3 Å². The Hall–Kier alpha value is -2.41. The Morgan fingerprint density at radius 1 is 1.38 bits per heavy atom. The highest BCUT2D eigenvalue weighted by Crippen LogP contribution is 2.29. The van der Waals surface area contributed by atoms with Gasteiger partial charge in [0.2, 0.25) is 0 Å². The average Bonchev–Trinajstić information content (AvgIpc) is 3.36. The van der Waals surface area contributed by atoms with Crippen molar-refractivity contribution in [3.63, 3.8) is 0 Å². The van der Waals surface area contributed by atoms with Gasteiger partial charge in [-0.1, -0.05) is 17.3 Å². The van der Waals surface area contributed by atoms with Gasteiger partial charge < -0.3 is 14.8 Å². The predicted octanol–water partition coefficient (Wildman–Crippen LogP) is 1.70. The van der Waals surface area contributed by atoms with E-state index in [2.05, 4.69) is 15.6 Å². The number of nitrogens with one attached hydrogen (secondary N) is 1. The molecule has 7 heteroatoms. The van der Waals surface area contributed by atoms with E-state index in [-0.39, 0.29) is 12.0 Å². The summed E-state index contributed by atoms with van der Waals surface area (Å²) < 4.78 is 12.9. The van der Waals surface area contributed by atoms with Crippen LogP contribution in [0.2, 0.25) is 0 Å². The SMILES string of the molecule is COc1ccc([C@H]2Cn3nnc(C(=O)NCC4CC4)c3CO2)cc1. The number of carbonyl (C=O) groups is 1. The van der Waals surface area contributed by atoms with Crippen LogP contribution >= 0.6 is 0 Å². The molecule has 126 valence electrons. The van der Waals surface area contributed by atoms with Crippen LogP contribution in [-0.2, 0) is 17.9 Å². The van der Waals surface area contributed by atoms with E-state index in [0.29, 0.717) is 24.8 Å². The molecule has 1 atom stereocenters. The second-order valence-electron chi connectivity index (χ2n) is 6.29. The summed E-state index contributed by atoms with van der Waals surface area (Å²) in [6.07, 6.45) is 2.30. The zero-order valence-corrected chi connectivity index (χ0v) is 13.6. The Bertz CT molecular complexity index is 737. The van der Waals surface area contributed by atoms with Gasteiger partial charge in [-0.2, -0.15) is 0 Å². The second-order valence-corrected chi connectivity index (χ2v) is 6.29. The number of carbonyl (C=O) groups excluding carboxylic acids is 1. The van der Waals surface area contributed by atoms with Crippen molar-refractivity contribution in [2.24, 2.45) is 5.92 Å². The Labute approximate surface area is 139 Å². The fourth-order valence-corrected chi connectivity index (χ4v) is 2.85. The minimum atomic E-state index is -0.158. The number of amides is 1. The number of ether oxygens (including phenoxy) is 2. The van der Waals surface area contributed by atoms with E-state index in [1.54, 1.807) is 11.8 Å². The van der Waals surface area contributed by atoms with Crippen molar-refractivity contribution < 1.29 is 14.3 Å². The molecule has 1 fully saturated rings. The molecule has 4 rings (SSSR count). The number of aromatic nitrogens is 3. The van der Waals surface area contributed by atoms with Crippen LogP contribution in [0.25, 0.3) is 0 Å². The zero-order chi connectivity index (χ0) is 16.5. The summed E-state index contributed by atoms with van der Waals surface area (Å²) in [6, 6.07) is 7.78. The van der Waals surface area contributed by atoms with E-state index >= 15 is 0 Å². The predicted molar refractivity (Wildman–Crippen MR) is 85.6 cm³/mol. The molecular formula is C17H20N4O3. The fourth-order valence-electron chi connectivity index (χ4n) is 2.85. The van der Waals surface area contributed by atoms with E-state index < -0.39 is 0 Å². The molecule has 7 nitrogen and oxygen atoms in total. The highest BCUT2D eigenvalue weighted by molar-refractivity contribution is 5.93. The van der Waals surface area contributed by atoms with Gasteiger partial charge in [0, 0.05) is 6.54 Å². The molecule has 1 amide bonds. The van der Waals surface area contributed by atoms with Crippen molar-refractivity contribution in [1.29, 1.82) is 0 Å². The molecule has 24 heavy (non-hydrogen) atoms. The number of hydrogen-bond acceptors (Lipinski definition) is 5. The summed E-state index contributed by atoms with van der Waals surface area (Å²) >= 11 is 0. The van der Waals surface area contributed by atoms with Crippen molar-refractivity contribution in [2.45, 2.75) is 32.1 Å². The van der Waals surface area contributed by atoms with Crippen LogP contribution in [0, 0.1) is 5.92 Å². The zero-order valence-electron chi connectivity index (χ0n) is 13.6. The largest absolute Gasteiger partial charge is 0.497 e. The monoisotopic (exact) mass is 328 g/mol. The Balaban J connectivity index is 1.46. The summed E-state index contributed by atoms with van der Waals surface area (Å²) in [5.74, 6) is 1.29. The Kier molecular flexibility index (Phi) is 3.93. The third-order valence-electron chi connectivity index (χ3n) is 4.55. The molecule has 2 aromatic rings. The first kappa shape index (κ1) is 15.1. The molecule has 2 heterocycles. The van der Waals surface area contributed by atoms with Gasteiger partial charge >= 0.3 is 0 Å². The number of rotatable bonds is 5. The first-order valence-electron chi connectivity index (χ1n) is 8.20. The van der Waals surface area contributed by atoms with Crippen molar-refractivity contribution in [3.05, 3.63) is 41.2 Å². The maximum Gasteiger partial charge on any atom is 0.273 e. The van der Waals surface area contributed by atoms with Gasteiger partial charge in [0.15, 0.2) is 5.69 Å². The smallest absolute Gasteiger partial charge is 0.273 e. The minimum absolute atomic E-state index is 0.104. The lowest BCUT2D eigenvalue weighted by Crippen LogP contribution is -2.28. The topological polar surface area (TPSA) is 78.3 Å². The maximum atomic E-state index is 12.2. The number of fused-ring (bicyclic) bond motifs is 1. The number of nitrogens with zero attached hydrogens (tertiary/aromatic N) is 3. The van der Waals surface area contributed by atoms with Crippen molar-refractivity contribution >= 4 is 5.91 Å². The molecule has 1 aromatic heterocycles. The van der Waals surface area contributed by atoms with E-state index in [1.807, 2.05) is 24.3 Å². The summed E-state index contributed by atoms with van der Waals surface area (Å²) in [6.45, 7) is 1.60. The first-order chi connectivity index (χ1) is 11.7. The lowest BCUT2D eigenvalue weighted by Gasteiger charge is -2.24. The molecule has 0 bridgehead atoms. The van der Waals surface area contributed by atoms with Crippen LogP contribution in [0.4, 0.5) is 0 Å². The summed E-state index contributed by atoms with van der Waals surface area (Å²) in [5.41, 5.74) is 2.17. The van der Waals surface area contributed by atoms with E-state index in [1.165, 1.54) is 12.8 Å². The van der Waals surface area contributed by atoms with Crippen LogP contribution in [0.1, 0.15) is 40.7 Å². The molecule has 0 radical (unpaired) electrons. The van der Waals surface area contributed by atoms with Gasteiger partial charge in [0.25, 0.3) is 5.91 Å². The van der Waals surface area contributed by atoms with Crippen molar-refractivity contribution in [1.82, 2.24) is 20.3 Å². The molecule has 0 spiro atoms. The van der Waals surface area contributed by atoms with Gasteiger partial charge in [0.1, 0.15) is 11.9 Å². The molecule has 0 saturated heterocycles. The molecular weight excluding hydrogens is 308 g/mol. The summed E-state index contributed by atoms with van der Waals surface area (Å²) in [5, 5.41) is 11.1. The second kappa shape index (κ2) is 6.24. The average molecular weight is 328 g/mol. The Morgan fingerprint density at radius 3 is 2.88 bits per heavy atom. The lowest BCUT2D eigenvalue weighted by atomic mass is 10.1. The molecule has 1 aliphatic heterocycles. The number of methoxy groups -OCH3 is 1.